The molecule has 23 heavy (non-hydrogen) atoms. The van der Waals surface area contributed by atoms with Crippen molar-refractivity contribution < 1.29 is 19.0 Å². The van der Waals surface area contributed by atoms with E-state index in [0.29, 0.717) is 29.5 Å². The molecule has 7 heteroatoms. The zero-order valence-electron chi connectivity index (χ0n) is 13.3. The van der Waals surface area contributed by atoms with Gasteiger partial charge in [-0.2, -0.15) is 0 Å². The number of methoxy groups -OCH3 is 3. The number of thiophene rings is 1. The van der Waals surface area contributed by atoms with Crippen molar-refractivity contribution >= 4 is 23.1 Å². The summed E-state index contributed by atoms with van der Waals surface area (Å²) in [4.78, 5) is 13.2. The molecule has 0 aliphatic rings. The summed E-state index contributed by atoms with van der Waals surface area (Å²) < 4.78 is 15.8. The Kier molecular flexibility index (Phi) is 6.10. The van der Waals surface area contributed by atoms with E-state index in [-0.39, 0.29) is 6.03 Å². The van der Waals surface area contributed by atoms with Crippen molar-refractivity contribution in [3.8, 4) is 17.2 Å². The summed E-state index contributed by atoms with van der Waals surface area (Å²) in [5.41, 5.74) is 0.563. The third kappa shape index (κ3) is 4.53. The molecule has 1 aromatic heterocycles. The van der Waals surface area contributed by atoms with Crippen LogP contribution in [0.2, 0.25) is 0 Å². The van der Waals surface area contributed by atoms with Gasteiger partial charge in [0.1, 0.15) is 0 Å². The second-order valence-electron chi connectivity index (χ2n) is 4.62. The molecule has 0 fully saturated rings. The molecule has 1 aromatic carbocycles. The van der Waals surface area contributed by atoms with E-state index in [0.717, 1.165) is 6.42 Å². The topological polar surface area (TPSA) is 68.8 Å². The Bertz CT molecular complexity index is 619. The Labute approximate surface area is 139 Å². The van der Waals surface area contributed by atoms with Crippen molar-refractivity contribution in [2.45, 2.75) is 6.42 Å². The van der Waals surface area contributed by atoms with E-state index < -0.39 is 0 Å². The van der Waals surface area contributed by atoms with Crippen molar-refractivity contribution in [1.82, 2.24) is 5.32 Å². The van der Waals surface area contributed by atoms with Gasteiger partial charge in [0.05, 0.1) is 27.0 Å². The Morgan fingerprint density at radius 2 is 1.83 bits per heavy atom. The standard InChI is InChI=1S/C16H20N2O4S/c1-20-13-9-11(10-14(21-2)15(13)22-3)18-16(19)17-7-6-12-5-4-8-23-12/h4-5,8-10H,6-7H2,1-3H3,(H2,17,18,19). The lowest BCUT2D eigenvalue weighted by molar-refractivity contribution is 0.252. The van der Waals surface area contributed by atoms with Crippen LogP contribution in [0, 0.1) is 0 Å². The molecule has 0 aliphatic heterocycles. The van der Waals surface area contributed by atoms with Crippen LogP contribution in [0.1, 0.15) is 4.88 Å². The highest BCUT2D eigenvalue weighted by Gasteiger charge is 2.14. The highest BCUT2D eigenvalue weighted by atomic mass is 32.1. The van der Waals surface area contributed by atoms with Crippen LogP contribution >= 0.6 is 11.3 Å². The average molecular weight is 336 g/mol. The Balaban J connectivity index is 1.97. The van der Waals surface area contributed by atoms with Gasteiger partial charge in [0.25, 0.3) is 0 Å². The smallest absolute Gasteiger partial charge is 0.319 e. The van der Waals surface area contributed by atoms with Gasteiger partial charge in [0.2, 0.25) is 5.75 Å². The Morgan fingerprint density at radius 1 is 1.13 bits per heavy atom. The number of anilines is 1. The molecule has 0 radical (unpaired) electrons. The monoisotopic (exact) mass is 336 g/mol. The summed E-state index contributed by atoms with van der Waals surface area (Å²) in [7, 11) is 4.59. The van der Waals surface area contributed by atoms with E-state index in [2.05, 4.69) is 10.6 Å². The van der Waals surface area contributed by atoms with Crippen molar-refractivity contribution in [1.29, 1.82) is 0 Å². The number of carbonyl (C=O) groups is 1. The number of rotatable bonds is 7. The highest BCUT2D eigenvalue weighted by molar-refractivity contribution is 7.09. The summed E-state index contributed by atoms with van der Waals surface area (Å²) >= 11 is 1.67. The quantitative estimate of drug-likeness (QED) is 0.815. The molecule has 0 aliphatic carbocycles. The maximum Gasteiger partial charge on any atom is 0.319 e. The first-order valence-corrected chi connectivity index (χ1v) is 7.93. The molecule has 2 N–H and O–H groups in total. The molecule has 0 saturated carbocycles. The van der Waals surface area contributed by atoms with Crippen LogP contribution in [0.15, 0.2) is 29.6 Å². The minimum Gasteiger partial charge on any atom is -0.493 e. The molecule has 0 unspecified atom stereocenters. The molecular weight excluding hydrogens is 316 g/mol. The van der Waals surface area contributed by atoms with Crippen molar-refractivity contribution in [2.75, 3.05) is 33.2 Å². The second kappa shape index (κ2) is 8.28. The SMILES string of the molecule is COc1cc(NC(=O)NCCc2cccs2)cc(OC)c1OC. The lowest BCUT2D eigenvalue weighted by atomic mass is 10.2. The zero-order chi connectivity index (χ0) is 16.7. The molecule has 2 aromatic rings. The fourth-order valence-electron chi connectivity index (χ4n) is 2.08. The van der Waals surface area contributed by atoms with Gasteiger partial charge < -0.3 is 24.8 Å². The summed E-state index contributed by atoms with van der Waals surface area (Å²) in [6, 6.07) is 7.12. The zero-order valence-corrected chi connectivity index (χ0v) is 14.2. The first-order valence-electron chi connectivity index (χ1n) is 7.05. The maximum atomic E-state index is 12.0. The molecule has 0 atom stereocenters. The van der Waals surface area contributed by atoms with E-state index in [1.54, 1.807) is 23.5 Å². The number of benzene rings is 1. The predicted molar refractivity (Wildman–Crippen MR) is 91.1 cm³/mol. The number of hydrogen-bond donors (Lipinski definition) is 2. The largest absolute Gasteiger partial charge is 0.493 e. The van der Waals surface area contributed by atoms with E-state index in [1.807, 2.05) is 17.5 Å². The number of amides is 2. The fraction of sp³-hybridized carbons (Fsp3) is 0.312. The average Bonchev–Trinajstić information content (AvgIpc) is 3.07. The molecule has 124 valence electrons. The van der Waals surface area contributed by atoms with E-state index in [1.165, 1.54) is 26.2 Å². The van der Waals surface area contributed by atoms with Crippen LogP contribution in [0.25, 0.3) is 0 Å². The molecule has 0 bridgehead atoms. The number of ether oxygens (including phenoxy) is 3. The maximum absolute atomic E-state index is 12.0. The van der Waals surface area contributed by atoms with Crippen LogP contribution in [0.3, 0.4) is 0 Å². The van der Waals surface area contributed by atoms with Crippen molar-refractivity contribution in [2.24, 2.45) is 0 Å². The highest BCUT2D eigenvalue weighted by Crippen LogP contribution is 2.39. The minimum absolute atomic E-state index is 0.282. The second-order valence-corrected chi connectivity index (χ2v) is 5.66. The van der Waals surface area contributed by atoms with Gasteiger partial charge in [0, 0.05) is 23.6 Å². The molecule has 0 saturated heterocycles. The number of nitrogens with one attached hydrogen (secondary N) is 2. The third-order valence-electron chi connectivity index (χ3n) is 3.16. The van der Waals surface area contributed by atoms with Crippen molar-refractivity contribution in [3.63, 3.8) is 0 Å². The lowest BCUT2D eigenvalue weighted by Gasteiger charge is -2.14. The molecule has 2 amide bonds. The predicted octanol–water partition coefficient (Wildman–Crippen LogP) is 3.14. The van der Waals surface area contributed by atoms with Crippen LogP contribution in [-0.2, 0) is 6.42 Å². The molecule has 2 rings (SSSR count). The number of hydrogen-bond acceptors (Lipinski definition) is 5. The molecular formula is C16H20N2O4S. The van der Waals surface area contributed by atoms with Crippen LogP contribution in [0.4, 0.5) is 10.5 Å². The Hall–Kier alpha value is -2.41. The molecule has 1 heterocycles. The van der Waals surface area contributed by atoms with E-state index in [9.17, 15) is 4.79 Å². The van der Waals surface area contributed by atoms with E-state index >= 15 is 0 Å². The van der Waals surface area contributed by atoms with Gasteiger partial charge in [-0.15, -0.1) is 11.3 Å². The van der Waals surface area contributed by atoms with Gasteiger partial charge >= 0.3 is 6.03 Å². The van der Waals surface area contributed by atoms with Gasteiger partial charge in [-0.05, 0) is 17.9 Å². The molecule has 0 spiro atoms. The van der Waals surface area contributed by atoms with Gasteiger partial charge in [-0.25, -0.2) is 4.79 Å². The first-order chi connectivity index (χ1) is 11.2. The van der Waals surface area contributed by atoms with Crippen LogP contribution < -0.4 is 24.8 Å². The van der Waals surface area contributed by atoms with Crippen molar-refractivity contribution in [3.05, 3.63) is 34.5 Å². The molecule has 6 nitrogen and oxygen atoms in total. The summed E-state index contributed by atoms with van der Waals surface area (Å²) in [5.74, 6) is 1.46. The minimum atomic E-state index is -0.282. The van der Waals surface area contributed by atoms with Gasteiger partial charge in [-0.1, -0.05) is 6.07 Å². The van der Waals surface area contributed by atoms with Gasteiger partial charge in [-0.3, -0.25) is 0 Å². The summed E-state index contributed by atoms with van der Waals surface area (Å²) in [5, 5.41) is 7.60. The third-order valence-corrected chi connectivity index (χ3v) is 4.10. The number of urea groups is 1. The fourth-order valence-corrected chi connectivity index (χ4v) is 2.79. The lowest BCUT2D eigenvalue weighted by Crippen LogP contribution is -2.30. The first kappa shape index (κ1) is 17.0. The van der Waals surface area contributed by atoms with Crippen LogP contribution in [0.5, 0.6) is 17.2 Å². The van der Waals surface area contributed by atoms with Crippen LogP contribution in [-0.4, -0.2) is 33.9 Å². The summed E-state index contributed by atoms with van der Waals surface area (Å²) in [6.07, 6.45) is 0.806. The summed E-state index contributed by atoms with van der Waals surface area (Å²) in [6.45, 7) is 0.566. The normalized spacial score (nSPS) is 10.0. The Morgan fingerprint density at radius 3 is 2.35 bits per heavy atom. The number of carbonyl (C=O) groups excluding carboxylic acids is 1. The van der Waals surface area contributed by atoms with Gasteiger partial charge in [0.15, 0.2) is 11.5 Å². The van der Waals surface area contributed by atoms with E-state index in [4.69, 9.17) is 14.2 Å².